The molecular weight excluding hydrogens is 300 g/mol. The third-order valence-corrected chi connectivity index (χ3v) is 6.00. The van der Waals surface area contributed by atoms with Crippen molar-refractivity contribution in [1.29, 1.82) is 0 Å². The lowest BCUT2D eigenvalue weighted by atomic mass is 9.78. The number of nitrogens with two attached hydrogens (primary N) is 1. The van der Waals surface area contributed by atoms with Gasteiger partial charge in [0.05, 0.1) is 5.41 Å². The Morgan fingerprint density at radius 3 is 2.58 bits per heavy atom. The number of benzene rings is 1. The first kappa shape index (κ1) is 17.4. The van der Waals surface area contributed by atoms with Crippen LogP contribution in [-0.2, 0) is 16.0 Å². The lowest BCUT2D eigenvalue weighted by Crippen LogP contribution is -2.50. The zero-order valence-electron chi connectivity index (χ0n) is 14.8. The highest BCUT2D eigenvalue weighted by atomic mass is 16.5. The average molecular weight is 330 g/mol. The molecule has 0 spiro atoms. The maximum atomic E-state index is 13.1. The number of aryl methyl sites for hydroxylation is 1. The van der Waals surface area contributed by atoms with Crippen LogP contribution >= 0.6 is 0 Å². The number of nitrogens with zero attached hydrogens (tertiary/aromatic N) is 1. The van der Waals surface area contributed by atoms with Crippen LogP contribution in [0.2, 0.25) is 0 Å². The van der Waals surface area contributed by atoms with Crippen LogP contribution < -0.4 is 5.73 Å². The van der Waals surface area contributed by atoms with Crippen LogP contribution in [0.4, 0.5) is 0 Å². The molecule has 1 amide bonds. The highest BCUT2D eigenvalue weighted by Crippen LogP contribution is 2.39. The molecule has 3 rings (SSSR count). The number of hydrogen-bond donors (Lipinski definition) is 1. The van der Waals surface area contributed by atoms with Crippen LogP contribution in [0.25, 0.3) is 0 Å². The molecule has 2 aliphatic heterocycles. The predicted molar refractivity (Wildman–Crippen MR) is 95.6 cm³/mol. The van der Waals surface area contributed by atoms with Gasteiger partial charge in [0.25, 0.3) is 0 Å². The summed E-state index contributed by atoms with van der Waals surface area (Å²) in [6.07, 6.45) is 4.82. The molecule has 2 N–H and O–H groups in total. The monoisotopic (exact) mass is 330 g/mol. The molecule has 2 saturated heterocycles. The summed E-state index contributed by atoms with van der Waals surface area (Å²) in [6.45, 7) is 5.80. The minimum absolute atomic E-state index is 0.215. The molecule has 1 aromatic carbocycles. The van der Waals surface area contributed by atoms with Gasteiger partial charge in [0, 0.05) is 32.8 Å². The molecule has 2 aliphatic rings. The molecule has 2 fully saturated rings. The third kappa shape index (κ3) is 3.65. The Kier molecular flexibility index (Phi) is 5.26. The van der Waals surface area contributed by atoms with Crippen molar-refractivity contribution in [2.24, 2.45) is 16.6 Å². The number of likely N-dealkylation sites (tertiary alicyclic amines) is 1. The van der Waals surface area contributed by atoms with Crippen molar-refractivity contribution >= 4 is 5.91 Å². The number of rotatable bonds is 5. The molecule has 24 heavy (non-hydrogen) atoms. The Bertz CT molecular complexity index is 554. The van der Waals surface area contributed by atoms with Crippen molar-refractivity contribution in [1.82, 2.24) is 4.90 Å². The summed E-state index contributed by atoms with van der Waals surface area (Å²) in [7, 11) is 0. The van der Waals surface area contributed by atoms with Gasteiger partial charge in [-0.1, -0.05) is 37.3 Å². The average Bonchev–Trinajstić information content (AvgIpc) is 3.03. The molecule has 1 atom stereocenters. The number of ether oxygens (including phenoxy) is 1. The highest BCUT2D eigenvalue weighted by Gasteiger charge is 2.45. The predicted octanol–water partition coefficient (Wildman–Crippen LogP) is 2.61. The summed E-state index contributed by atoms with van der Waals surface area (Å²) in [5, 5.41) is 0. The summed E-state index contributed by atoms with van der Waals surface area (Å²) in [5.41, 5.74) is 7.22. The maximum absolute atomic E-state index is 13.1. The van der Waals surface area contributed by atoms with Gasteiger partial charge in [-0.15, -0.1) is 0 Å². The SMILES string of the molecule is CC1(CCc2ccccc2)CCN(C(=O)C2(CN)CCOCC2)C1. The largest absolute Gasteiger partial charge is 0.381 e. The van der Waals surface area contributed by atoms with Crippen molar-refractivity contribution in [3.63, 3.8) is 0 Å². The second kappa shape index (κ2) is 7.24. The second-order valence-corrected chi connectivity index (χ2v) is 7.87. The summed E-state index contributed by atoms with van der Waals surface area (Å²) >= 11 is 0. The van der Waals surface area contributed by atoms with Crippen LogP contribution in [0.1, 0.15) is 38.2 Å². The van der Waals surface area contributed by atoms with E-state index in [9.17, 15) is 4.79 Å². The van der Waals surface area contributed by atoms with Gasteiger partial charge >= 0.3 is 0 Å². The van der Waals surface area contributed by atoms with Gasteiger partial charge in [0.1, 0.15) is 0 Å². The van der Waals surface area contributed by atoms with Crippen molar-refractivity contribution < 1.29 is 9.53 Å². The number of amides is 1. The van der Waals surface area contributed by atoms with Gasteiger partial charge in [-0.05, 0) is 43.1 Å². The van der Waals surface area contributed by atoms with Gasteiger partial charge in [0.15, 0.2) is 0 Å². The lowest BCUT2D eigenvalue weighted by molar-refractivity contribution is -0.146. The normalized spacial score (nSPS) is 26.5. The third-order valence-electron chi connectivity index (χ3n) is 6.00. The summed E-state index contributed by atoms with van der Waals surface area (Å²) in [4.78, 5) is 15.2. The van der Waals surface area contributed by atoms with Crippen LogP contribution in [0, 0.1) is 10.8 Å². The fraction of sp³-hybridized carbons (Fsp3) is 0.650. The van der Waals surface area contributed by atoms with Gasteiger partial charge in [-0.3, -0.25) is 4.79 Å². The Morgan fingerprint density at radius 2 is 1.92 bits per heavy atom. The molecule has 1 aromatic rings. The van der Waals surface area contributed by atoms with E-state index in [4.69, 9.17) is 10.5 Å². The Labute approximate surface area is 145 Å². The van der Waals surface area contributed by atoms with E-state index in [0.717, 1.165) is 45.2 Å². The molecule has 132 valence electrons. The van der Waals surface area contributed by atoms with Crippen LogP contribution in [0.3, 0.4) is 0 Å². The molecular formula is C20H30N2O2. The van der Waals surface area contributed by atoms with E-state index in [1.807, 2.05) is 0 Å². The Morgan fingerprint density at radius 1 is 1.21 bits per heavy atom. The zero-order valence-corrected chi connectivity index (χ0v) is 14.8. The molecule has 0 radical (unpaired) electrons. The van der Waals surface area contributed by atoms with Crippen LogP contribution in [0.15, 0.2) is 30.3 Å². The molecule has 1 unspecified atom stereocenters. The molecule has 0 bridgehead atoms. The summed E-state index contributed by atoms with van der Waals surface area (Å²) < 4.78 is 5.44. The van der Waals surface area contributed by atoms with Gasteiger partial charge in [0.2, 0.25) is 5.91 Å². The smallest absolute Gasteiger partial charge is 0.230 e. The van der Waals surface area contributed by atoms with Crippen LogP contribution in [-0.4, -0.2) is 43.7 Å². The molecule has 4 nitrogen and oxygen atoms in total. The van der Waals surface area contributed by atoms with Gasteiger partial charge in [-0.2, -0.15) is 0 Å². The molecule has 0 aliphatic carbocycles. The van der Waals surface area contributed by atoms with E-state index in [1.54, 1.807) is 0 Å². The molecule has 0 saturated carbocycles. The maximum Gasteiger partial charge on any atom is 0.230 e. The minimum atomic E-state index is -0.386. The number of hydrogen-bond acceptors (Lipinski definition) is 3. The summed E-state index contributed by atoms with van der Waals surface area (Å²) in [6, 6.07) is 10.6. The topological polar surface area (TPSA) is 55.6 Å². The van der Waals surface area contributed by atoms with Crippen molar-refractivity contribution in [3.05, 3.63) is 35.9 Å². The molecule has 0 aromatic heterocycles. The number of carbonyl (C=O) groups excluding carboxylic acids is 1. The van der Waals surface area contributed by atoms with E-state index in [0.29, 0.717) is 19.8 Å². The highest BCUT2D eigenvalue weighted by molar-refractivity contribution is 5.83. The first-order valence-electron chi connectivity index (χ1n) is 9.18. The first-order chi connectivity index (χ1) is 11.6. The van der Waals surface area contributed by atoms with Crippen molar-refractivity contribution in [3.8, 4) is 0 Å². The van der Waals surface area contributed by atoms with E-state index in [-0.39, 0.29) is 16.7 Å². The van der Waals surface area contributed by atoms with E-state index in [1.165, 1.54) is 5.56 Å². The van der Waals surface area contributed by atoms with Crippen molar-refractivity contribution in [2.45, 2.75) is 39.0 Å². The van der Waals surface area contributed by atoms with Gasteiger partial charge in [-0.25, -0.2) is 0 Å². The summed E-state index contributed by atoms with van der Waals surface area (Å²) in [5.74, 6) is 0.261. The minimum Gasteiger partial charge on any atom is -0.381 e. The second-order valence-electron chi connectivity index (χ2n) is 7.87. The van der Waals surface area contributed by atoms with E-state index < -0.39 is 0 Å². The Balaban J connectivity index is 1.60. The fourth-order valence-electron chi connectivity index (χ4n) is 4.09. The van der Waals surface area contributed by atoms with Gasteiger partial charge < -0.3 is 15.4 Å². The van der Waals surface area contributed by atoms with Crippen LogP contribution in [0.5, 0.6) is 0 Å². The molecule has 4 heteroatoms. The number of carbonyl (C=O) groups is 1. The fourth-order valence-corrected chi connectivity index (χ4v) is 4.09. The standard InChI is InChI=1S/C20H30N2O2/c1-19(8-7-17-5-3-2-4-6-17)9-12-22(16-19)18(23)20(15-21)10-13-24-14-11-20/h2-6H,7-16,21H2,1H3. The van der Waals surface area contributed by atoms with E-state index >= 15 is 0 Å². The first-order valence-corrected chi connectivity index (χ1v) is 9.18. The zero-order chi connectivity index (χ0) is 17.0. The quantitative estimate of drug-likeness (QED) is 0.903. The van der Waals surface area contributed by atoms with Crippen molar-refractivity contribution in [2.75, 3.05) is 32.8 Å². The lowest BCUT2D eigenvalue weighted by Gasteiger charge is -2.38. The Hall–Kier alpha value is -1.39. The molecule has 2 heterocycles. The van der Waals surface area contributed by atoms with E-state index in [2.05, 4.69) is 42.2 Å².